The number of para-hydroxylation sites is 1. The number of methoxy groups -OCH3 is 1. The summed E-state index contributed by atoms with van der Waals surface area (Å²) < 4.78 is 5.33. The van der Waals surface area contributed by atoms with Crippen molar-refractivity contribution in [1.82, 2.24) is 10.2 Å². The Bertz CT molecular complexity index is 827. The van der Waals surface area contributed by atoms with E-state index in [-0.39, 0.29) is 17.2 Å². The fourth-order valence-electron chi connectivity index (χ4n) is 4.09. The normalized spacial score (nSPS) is 15.6. The molecular formula is C24H30N2O3. The number of nitrogens with one attached hydrogen (secondary N) is 1. The Hall–Kier alpha value is -2.82. The van der Waals surface area contributed by atoms with Crippen molar-refractivity contribution >= 4 is 11.8 Å². The molecule has 5 heteroatoms. The number of hydrogen-bond donors (Lipinski definition) is 1. The molecule has 1 saturated heterocycles. The van der Waals surface area contributed by atoms with Crippen LogP contribution in [0.2, 0.25) is 0 Å². The molecule has 1 aliphatic heterocycles. The Kier molecular flexibility index (Phi) is 6.91. The number of carbonyl (C=O) groups is 2. The molecule has 0 aromatic heterocycles. The van der Waals surface area contributed by atoms with Gasteiger partial charge in [0.15, 0.2) is 0 Å². The number of piperidine rings is 1. The van der Waals surface area contributed by atoms with Crippen LogP contribution >= 0.6 is 0 Å². The van der Waals surface area contributed by atoms with E-state index >= 15 is 0 Å². The molecule has 1 heterocycles. The number of rotatable bonds is 7. The molecule has 2 aromatic carbocycles. The van der Waals surface area contributed by atoms with E-state index in [1.54, 1.807) is 19.2 Å². The van der Waals surface area contributed by atoms with Crippen molar-refractivity contribution in [2.75, 3.05) is 26.7 Å². The second-order valence-electron chi connectivity index (χ2n) is 7.66. The van der Waals surface area contributed by atoms with Crippen LogP contribution in [-0.4, -0.2) is 43.5 Å². The van der Waals surface area contributed by atoms with Crippen LogP contribution in [0.3, 0.4) is 0 Å². The molecule has 0 atom stereocenters. The number of carbonyl (C=O) groups excluding carboxylic acids is 2. The maximum absolute atomic E-state index is 12.8. The molecule has 154 valence electrons. The zero-order chi connectivity index (χ0) is 20.7. The summed E-state index contributed by atoms with van der Waals surface area (Å²) in [5.74, 6) is 0.660. The third-order valence-corrected chi connectivity index (χ3v) is 5.86. The molecule has 1 fully saturated rings. The Morgan fingerprint density at radius 2 is 1.69 bits per heavy atom. The average Bonchev–Trinajstić information content (AvgIpc) is 2.78. The van der Waals surface area contributed by atoms with E-state index in [0.29, 0.717) is 24.3 Å². The van der Waals surface area contributed by atoms with Gasteiger partial charge in [-0.3, -0.25) is 9.59 Å². The van der Waals surface area contributed by atoms with Gasteiger partial charge in [0.25, 0.3) is 5.91 Å². The van der Waals surface area contributed by atoms with Crippen LogP contribution in [0.4, 0.5) is 0 Å². The zero-order valence-corrected chi connectivity index (χ0v) is 17.3. The number of nitrogens with zero attached hydrogens (tertiary/aromatic N) is 1. The van der Waals surface area contributed by atoms with E-state index in [2.05, 4.69) is 17.4 Å². The Labute approximate surface area is 173 Å². The standard InChI is InChI=1S/C24H30N2O3/c1-3-9-22(27)26-16-14-24(15-17-26,19-10-5-4-6-11-19)18-25-23(28)20-12-7-8-13-21(20)29-2/h4-8,10-13H,3,9,14-18H2,1-2H3,(H,25,28). The Morgan fingerprint density at radius 1 is 1.03 bits per heavy atom. The van der Waals surface area contributed by atoms with Crippen molar-refractivity contribution in [2.24, 2.45) is 0 Å². The minimum Gasteiger partial charge on any atom is -0.496 e. The van der Waals surface area contributed by atoms with E-state index in [1.165, 1.54) is 5.56 Å². The fourth-order valence-corrected chi connectivity index (χ4v) is 4.09. The van der Waals surface area contributed by atoms with Gasteiger partial charge in [0, 0.05) is 31.5 Å². The minimum absolute atomic E-state index is 0.137. The average molecular weight is 395 g/mol. The summed E-state index contributed by atoms with van der Waals surface area (Å²) in [6, 6.07) is 17.6. The summed E-state index contributed by atoms with van der Waals surface area (Å²) in [6.45, 7) is 4.00. The first-order valence-electron chi connectivity index (χ1n) is 10.3. The lowest BCUT2D eigenvalue weighted by Crippen LogP contribution is -2.50. The van der Waals surface area contributed by atoms with Crippen molar-refractivity contribution in [3.05, 3.63) is 65.7 Å². The van der Waals surface area contributed by atoms with Crippen LogP contribution in [0.1, 0.15) is 48.5 Å². The van der Waals surface area contributed by atoms with Crippen LogP contribution in [0.5, 0.6) is 5.75 Å². The minimum atomic E-state index is -0.179. The predicted molar refractivity (Wildman–Crippen MR) is 114 cm³/mol. The zero-order valence-electron chi connectivity index (χ0n) is 17.3. The van der Waals surface area contributed by atoms with E-state index in [0.717, 1.165) is 32.4 Å². The van der Waals surface area contributed by atoms with Crippen LogP contribution in [-0.2, 0) is 10.2 Å². The summed E-state index contributed by atoms with van der Waals surface area (Å²) in [6.07, 6.45) is 3.13. The smallest absolute Gasteiger partial charge is 0.255 e. The lowest BCUT2D eigenvalue weighted by atomic mass is 9.72. The third-order valence-electron chi connectivity index (χ3n) is 5.86. The molecule has 0 radical (unpaired) electrons. The van der Waals surface area contributed by atoms with Gasteiger partial charge in [-0.25, -0.2) is 0 Å². The number of likely N-dealkylation sites (tertiary alicyclic amines) is 1. The molecule has 1 N–H and O–H groups in total. The van der Waals surface area contributed by atoms with Crippen molar-refractivity contribution in [2.45, 2.75) is 38.0 Å². The second-order valence-corrected chi connectivity index (χ2v) is 7.66. The molecule has 3 rings (SSSR count). The topological polar surface area (TPSA) is 58.6 Å². The maximum atomic E-state index is 12.8. The number of hydrogen-bond acceptors (Lipinski definition) is 3. The van der Waals surface area contributed by atoms with Gasteiger partial charge in [-0.05, 0) is 37.0 Å². The molecule has 0 saturated carbocycles. The third kappa shape index (κ3) is 4.78. The van der Waals surface area contributed by atoms with Gasteiger partial charge >= 0.3 is 0 Å². The molecule has 0 unspecified atom stereocenters. The van der Waals surface area contributed by atoms with Crippen molar-refractivity contribution in [3.8, 4) is 5.75 Å². The van der Waals surface area contributed by atoms with Gasteiger partial charge in [0.2, 0.25) is 5.91 Å². The summed E-state index contributed by atoms with van der Waals surface area (Å²) in [5, 5.41) is 3.13. The number of ether oxygens (including phenoxy) is 1. The SMILES string of the molecule is CCCC(=O)N1CCC(CNC(=O)c2ccccc2OC)(c2ccccc2)CC1. The number of amides is 2. The molecule has 0 bridgehead atoms. The van der Waals surface area contributed by atoms with E-state index in [4.69, 9.17) is 4.74 Å². The summed E-state index contributed by atoms with van der Waals surface area (Å²) in [4.78, 5) is 27.1. The molecule has 0 aliphatic carbocycles. The number of benzene rings is 2. The Morgan fingerprint density at radius 3 is 2.34 bits per heavy atom. The van der Waals surface area contributed by atoms with Crippen molar-refractivity contribution < 1.29 is 14.3 Å². The van der Waals surface area contributed by atoms with E-state index in [9.17, 15) is 9.59 Å². The monoisotopic (exact) mass is 394 g/mol. The van der Waals surface area contributed by atoms with Gasteiger partial charge < -0.3 is 15.0 Å². The van der Waals surface area contributed by atoms with Crippen molar-refractivity contribution in [3.63, 3.8) is 0 Å². The van der Waals surface area contributed by atoms with Gasteiger partial charge in [0.05, 0.1) is 12.7 Å². The van der Waals surface area contributed by atoms with E-state index in [1.807, 2.05) is 42.2 Å². The fraction of sp³-hybridized carbons (Fsp3) is 0.417. The highest BCUT2D eigenvalue weighted by Crippen LogP contribution is 2.35. The van der Waals surface area contributed by atoms with Gasteiger partial charge in [0.1, 0.15) is 5.75 Å². The van der Waals surface area contributed by atoms with Gasteiger partial charge in [-0.1, -0.05) is 49.4 Å². The molecule has 1 aliphatic rings. The quantitative estimate of drug-likeness (QED) is 0.777. The maximum Gasteiger partial charge on any atom is 0.255 e. The van der Waals surface area contributed by atoms with Crippen molar-refractivity contribution in [1.29, 1.82) is 0 Å². The summed E-state index contributed by atoms with van der Waals surface area (Å²) >= 11 is 0. The lowest BCUT2D eigenvalue weighted by molar-refractivity contribution is -0.132. The first-order chi connectivity index (χ1) is 14.1. The van der Waals surface area contributed by atoms with E-state index < -0.39 is 0 Å². The molecule has 2 aromatic rings. The second kappa shape index (κ2) is 9.59. The highest BCUT2D eigenvalue weighted by atomic mass is 16.5. The van der Waals surface area contributed by atoms with Gasteiger partial charge in [-0.15, -0.1) is 0 Å². The first-order valence-corrected chi connectivity index (χ1v) is 10.3. The lowest BCUT2D eigenvalue weighted by Gasteiger charge is -2.42. The van der Waals surface area contributed by atoms with Crippen LogP contribution in [0.15, 0.2) is 54.6 Å². The highest BCUT2D eigenvalue weighted by molar-refractivity contribution is 5.97. The summed E-state index contributed by atoms with van der Waals surface area (Å²) in [5.41, 5.74) is 1.57. The van der Waals surface area contributed by atoms with Gasteiger partial charge in [-0.2, -0.15) is 0 Å². The van der Waals surface area contributed by atoms with Crippen LogP contribution in [0, 0.1) is 0 Å². The molecule has 0 spiro atoms. The molecule has 5 nitrogen and oxygen atoms in total. The van der Waals surface area contributed by atoms with Crippen LogP contribution < -0.4 is 10.1 Å². The molecule has 2 amide bonds. The summed E-state index contributed by atoms with van der Waals surface area (Å²) in [7, 11) is 1.57. The highest BCUT2D eigenvalue weighted by Gasteiger charge is 2.37. The first kappa shape index (κ1) is 20.9. The largest absolute Gasteiger partial charge is 0.496 e. The Balaban J connectivity index is 1.76. The predicted octanol–water partition coefficient (Wildman–Crippen LogP) is 3.79. The molecular weight excluding hydrogens is 364 g/mol. The molecule has 29 heavy (non-hydrogen) atoms. The van der Waals surface area contributed by atoms with Crippen LogP contribution in [0.25, 0.3) is 0 Å².